The number of carbonyl (C=O) groups is 1. The number of rotatable bonds is 7. The summed E-state index contributed by atoms with van der Waals surface area (Å²) in [7, 11) is 1.60. The Morgan fingerprint density at radius 1 is 1.19 bits per heavy atom. The van der Waals surface area contributed by atoms with Crippen molar-refractivity contribution in [1.29, 1.82) is 0 Å². The van der Waals surface area contributed by atoms with Crippen LogP contribution in [-0.2, 0) is 6.42 Å². The molecule has 9 nitrogen and oxygen atoms in total. The van der Waals surface area contributed by atoms with Crippen molar-refractivity contribution in [3.05, 3.63) is 69.6 Å². The van der Waals surface area contributed by atoms with Gasteiger partial charge in [-0.2, -0.15) is 0 Å². The minimum atomic E-state index is -0.652. The molecule has 5 rings (SSSR count). The number of pyridine rings is 1. The van der Waals surface area contributed by atoms with Crippen LogP contribution in [0.1, 0.15) is 21.6 Å². The molecule has 11 heteroatoms. The number of piperazine rings is 1. The van der Waals surface area contributed by atoms with E-state index in [1.165, 1.54) is 6.33 Å². The maximum absolute atomic E-state index is 12.5. The number of halogens is 2. The van der Waals surface area contributed by atoms with E-state index in [9.17, 15) is 4.79 Å². The molecule has 1 fully saturated rings. The molecule has 36 heavy (non-hydrogen) atoms. The van der Waals surface area contributed by atoms with Crippen molar-refractivity contribution in [2.45, 2.75) is 6.42 Å². The average Bonchev–Trinajstić information content (AvgIpc) is 3.36. The summed E-state index contributed by atoms with van der Waals surface area (Å²) in [6, 6.07) is 11.2. The number of aromatic nitrogens is 3. The summed E-state index contributed by atoms with van der Waals surface area (Å²) in [5.74, 6) is 0.232. The summed E-state index contributed by atoms with van der Waals surface area (Å²) in [6.07, 6.45) is 1.83. The van der Waals surface area contributed by atoms with Crippen LogP contribution in [0.5, 0.6) is 5.75 Å². The predicted molar refractivity (Wildman–Crippen MR) is 143 cm³/mol. The van der Waals surface area contributed by atoms with Crippen molar-refractivity contribution in [1.82, 2.24) is 20.3 Å². The summed E-state index contributed by atoms with van der Waals surface area (Å²) in [4.78, 5) is 27.0. The number of benzene rings is 2. The Morgan fingerprint density at radius 2 is 1.94 bits per heavy atom. The number of aromatic amines is 1. The minimum Gasteiger partial charge on any atom is -0.494 e. The lowest BCUT2D eigenvalue weighted by atomic mass is 10.1. The molecule has 1 aliphatic rings. The summed E-state index contributed by atoms with van der Waals surface area (Å²) in [6.45, 7) is 3.67. The third kappa shape index (κ3) is 4.65. The fraction of sp³-hybridized carbons (Fsp3) is 0.240. The van der Waals surface area contributed by atoms with Gasteiger partial charge in [0.15, 0.2) is 0 Å². The molecular weight excluding hydrogens is 501 g/mol. The number of nitrogens with zero attached hydrogens (tertiary/aromatic N) is 3. The molecule has 2 aromatic heterocycles. The lowest BCUT2D eigenvalue weighted by Crippen LogP contribution is -2.43. The first-order chi connectivity index (χ1) is 17.5. The number of carbonyl (C=O) groups excluding carboxylic acids is 1. The van der Waals surface area contributed by atoms with Gasteiger partial charge in [0.1, 0.15) is 22.6 Å². The van der Waals surface area contributed by atoms with Gasteiger partial charge in [0.2, 0.25) is 0 Å². The average molecular weight is 526 g/mol. The van der Waals surface area contributed by atoms with E-state index in [1.54, 1.807) is 25.3 Å². The molecule has 0 saturated carbocycles. The third-order valence-electron chi connectivity index (χ3n) is 6.22. The number of imidazole rings is 1. The fourth-order valence-corrected chi connectivity index (χ4v) is 4.94. The van der Waals surface area contributed by atoms with Gasteiger partial charge in [0.25, 0.3) is 5.91 Å². The Hall–Kier alpha value is -3.53. The molecule has 4 aromatic rings. The van der Waals surface area contributed by atoms with E-state index in [2.05, 4.69) is 25.5 Å². The van der Waals surface area contributed by atoms with Gasteiger partial charge in [-0.05, 0) is 29.8 Å². The molecule has 0 bridgehead atoms. The molecule has 1 amide bonds. The molecule has 1 aliphatic heterocycles. The number of hydrogen-bond acceptors (Lipinski definition) is 7. The second-order valence-electron chi connectivity index (χ2n) is 8.40. The number of anilines is 3. The number of primary amides is 1. The number of amides is 1. The Morgan fingerprint density at radius 3 is 2.64 bits per heavy atom. The molecule has 186 valence electrons. The first kappa shape index (κ1) is 24.2. The molecule has 2 aromatic carbocycles. The van der Waals surface area contributed by atoms with Crippen LogP contribution in [0.2, 0.25) is 10.0 Å². The number of nitrogens with two attached hydrogens (primary N) is 1. The monoisotopic (exact) mass is 525 g/mol. The topological polar surface area (TPSA) is 121 Å². The standard InChI is InChI=1S/C25H25Cl2N7O2/c1-36-20-11-14(34-9-7-29-8-10-34)5-6-18(20)32-25-21(24(28)35)23-22(30-13-31-23)19(33-25)12-15-16(26)3-2-4-17(15)27/h2-6,11,13,29H,7-10,12H2,1H3,(H2,28,35)(H,30,31)(H,32,33). The van der Waals surface area contributed by atoms with E-state index in [0.717, 1.165) is 37.4 Å². The molecule has 0 spiro atoms. The van der Waals surface area contributed by atoms with Crippen molar-refractivity contribution in [3.8, 4) is 5.75 Å². The zero-order chi connectivity index (χ0) is 25.2. The first-order valence-electron chi connectivity index (χ1n) is 11.5. The molecule has 0 atom stereocenters. The van der Waals surface area contributed by atoms with Crippen molar-refractivity contribution in [2.75, 3.05) is 43.5 Å². The highest BCUT2D eigenvalue weighted by atomic mass is 35.5. The van der Waals surface area contributed by atoms with Gasteiger partial charge in [-0.25, -0.2) is 9.97 Å². The van der Waals surface area contributed by atoms with Crippen LogP contribution >= 0.6 is 23.2 Å². The van der Waals surface area contributed by atoms with Crippen LogP contribution in [0.4, 0.5) is 17.2 Å². The predicted octanol–water partition coefficient (Wildman–Crippen LogP) is 4.12. The first-order valence-corrected chi connectivity index (χ1v) is 12.2. The zero-order valence-corrected chi connectivity index (χ0v) is 21.1. The summed E-state index contributed by atoms with van der Waals surface area (Å²) < 4.78 is 5.67. The van der Waals surface area contributed by atoms with Gasteiger partial charge >= 0.3 is 0 Å². The van der Waals surface area contributed by atoms with Gasteiger partial charge in [-0.1, -0.05) is 29.3 Å². The van der Waals surface area contributed by atoms with E-state index in [4.69, 9.17) is 38.7 Å². The quantitative estimate of drug-likeness (QED) is 0.286. The molecule has 0 radical (unpaired) electrons. The number of H-pyrrole nitrogens is 1. The van der Waals surface area contributed by atoms with Crippen LogP contribution in [0.15, 0.2) is 42.7 Å². The van der Waals surface area contributed by atoms with Crippen molar-refractivity contribution in [2.24, 2.45) is 5.73 Å². The largest absolute Gasteiger partial charge is 0.494 e. The van der Waals surface area contributed by atoms with Crippen LogP contribution in [0.3, 0.4) is 0 Å². The second kappa shape index (κ2) is 10.2. The maximum atomic E-state index is 12.5. The maximum Gasteiger partial charge on any atom is 0.254 e. The smallest absolute Gasteiger partial charge is 0.254 e. The third-order valence-corrected chi connectivity index (χ3v) is 6.93. The van der Waals surface area contributed by atoms with Crippen LogP contribution in [0, 0.1) is 0 Å². The molecule has 3 heterocycles. The van der Waals surface area contributed by atoms with Crippen LogP contribution in [0.25, 0.3) is 11.0 Å². The van der Waals surface area contributed by atoms with Crippen molar-refractivity contribution >= 4 is 57.3 Å². The van der Waals surface area contributed by atoms with E-state index < -0.39 is 5.91 Å². The van der Waals surface area contributed by atoms with Gasteiger partial charge in [0, 0.05) is 54.4 Å². The molecule has 1 saturated heterocycles. The van der Waals surface area contributed by atoms with Crippen LogP contribution in [-0.4, -0.2) is 54.1 Å². The van der Waals surface area contributed by atoms with Crippen molar-refractivity contribution < 1.29 is 9.53 Å². The summed E-state index contributed by atoms with van der Waals surface area (Å²) >= 11 is 12.8. The second-order valence-corrected chi connectivity index (χ2v) is 9.21. The normalized spacial score (nSPS) is 13.7. The van der Waals surface area contributed by atoms with Gasteiger partial charge < -0.3 is 31.0 Å². The molecule has 5 N–H and O–H groups in total. The van der Waals surface area contributed by atoms with E-state index in [1.807, 2.05) is 18.2 Å². The highest BCUT2D eigenvalue weighted by Crippen LogP contribution is 2.35. The Bertz CT molecular complexity index is 1410. The van der Waals surface area contributed by atoms with Gasteiger partial charge in [-0.15, -0.1) is 0 Å². The lowest BCUT2D eigenvalue weighted by molar-refractivity contribution is 0.100. The Balaban J connectivity index is 1.57. The fourth-order valence-electron chi connectivity index (χ4n) is 4.41. The highest BCUT2D eigenvalue weighted by Gasteiger charge is 2.23. The number of fused-ring (bicyclic) bond motifs is 1. The van der Waals surface area contributed by atoms with E-state index >= 15 is 0 Å². The Kier molecular flexibility index (Phi) is 6.86. The zero-order valence-electron chi connectivity index (χ0n) is 19.6. The number of hydrogen-bond donors (Lipinski definition) is 4. The van der Waals surface area contributed by atoms with Gasteiger partial charge in [-0.3, -0.25) is 4.79 Å². The number of nitrogens with one attached hydrogen (secondary N) is 3. The van der Waals surface area contributed by atoms with E-state index in [0.29, 0.717) is 44.6 Å². The summed E-state index contributed by atoms with van der Waals surface area (Å²) in [5, 5.41) is 7.65. The summed E-state index contributed by atoms with van der Waals surface area (Å²) in [5.41, 5.74) is 9.98. The lowest BCUT2D eigenvalue weighted by Gasteiger charge is -2.30. The van der Waals surface area contributed by atoms with Crippen LogP contribution < -0.4 is 26.0 Å². The molecule has 0 aliphatic carbocycles. The highest BCUT2D eigenvalue weighted by molar-refractivity contribution is 6.36. The number of methoxy groups -OCH3 is 1. The molecule has 0 unspecified atom stereocenters. The molecular formula is C25H25Cl2N7O2. The number of ether oxygens (including phenoxy) is 1. The van der Waals surface area contributed by atoms with Crippen molar-refractivity contribution in [3.63, 3.8) is 0 Å². The Labute approximate surface area is 218 Å². The minimum absolute atomic E-state index is 0.175. The van der Waals surface area contributed by atoms with Gasteiger partial charge in [0.05, 0.1) is 30.3 Å². The SMILES string of the molecule is COc1cc(N2CCNCC2)ccc1Nc1nc(Cc2c(Cl)cccc2Cl)c2[nH]cnc2c1C(N)=O. The van der Waals surface area contributed by atoms with E-state index in [-0.39, 0.29) is 11.4 Å².